The molecule has 0 saturated carbocycles. The number of halogens is 2. The first-order valence-corrected chi connectivity index (χ1v) is 8.17. The Morgan fingerprint density at radius 3 is 2.73 bits per heavy atom. The highest BCUT2D eigenvalue weighted by atomic mass is 32.2. The number of imide groups is 1. The van der Waals surface area contributed by atoms with E-state index in [0.29, 0.717) is 23.5 Å². The molecule has 3 amide bonds. The molecule has 1 aromatic heterocycles. The maximum Gasteiger partial charge on any atom is 0.294 e. The first-order valence-electron chi connectivity index (χ1n) is 7.35. The number of aromatic nitrogens is 1. The standard InChI is InChI=1S/C17H11F2N3O3S/c18-10-4-5-13(12(19)7-10)21-15(23)9-22-16(24)14(26-17(22)25)8-11-3-1-2-6-20-11/h1-8H,9H2,(H,21,23)/b14-8-. The smallest absolute Gasteiger partial charge is 0.294 e. The van der Waals surface area contributed by atoms with Gasteiger partial charge in [0.05, 0.1) is 16.3 Å². The number of hydrogen-bond donors (Lipinski definition) is 1. The van der Waals surface area contributed by atoms with Gasteiger partial charge in [-0.25, -0.2) is 8.78 Å². The van der Waals surface area contributed by atoms with Gasteiger partial charge in [0, 0.05) is 12.3 Å². The third-order valence-corrected chi connectivity index (χ3v) is 4.25. The summed E-state index contributed by atoms with van der Waals surface area (Å²) < 4.78 is 26.4. The summed E-state index contributed by atoms with van der Waals surface area (Å²) in [5.74, 6) is -3.16. The van der Waals surface area contributed by atoms with Crippen LogP contribution in [0.25, 0.3) is 6.08 Å². The van der Waals surface area contributed by atoms with Crippen LogP contribution >= 0.6 is 11.8 Å². The van der Waals surface area contributed by atoms with Crippen molar-refractivity contribution in [3.8, 4) is 0 Å². The fraction of sp³-hybridized carbons (Fsp3) is 0.0588. The Morgan fingerprint density at radius 1 is 1.23 bits per heavy atom. The van der Waals surface area contributed by atoms with E-state index in [2.05, 4.69) is 10.3 Å². The molecule has 26 heavy (non-hydrogen) atoms. The molecule has 1 aliphatic heterocycles. The third kappa shape index (κ3) is 3.94. The Bertz CT molecular complexity index is 919. The maximum absolute atomic E-state index is 13.6. The van der Waals surface area contributed by atoms with Gasteiger partial charge in [-0.2, -0.15) is 0 Å². The van der Waals surface area contributed by atoms with E-state index < -0.39 is 35.2 Å². The summed E-state index contributed by atoms with van der Waals surface area (Å²) in [6.07, 6.45) is 2.99. The second-order valence-electron chi connectivity index (χ2n) is 5.19. The first-order chi connectivity index (χ1) is 12.4. The predicted octanol–water partition coefficient (Wildman–Crippen LogP) is 3.03. The molecule has 132 valence electrons. The van der Waals surface area contributed by atoms with Gasteiger partial charge in [0.1, 0.15) is 18.2 Å². The number of nitrogens with one attached hydrogen (secondary N) is 1. The Hall–Kier alpha value is -3.07. The summed E-state index contributed by atoms with van der Waals surface area (Å²) >= 11 is 0.685. The first kappa shape index (κ1) is 17.7. The van der Waals surface area contributed by atoms with Crippen LogP contribution in [0.2, 0.25) is 0 Å². The molecule has 0 atom stereocenters. The van der Waals surface area contributed by atoms with Gasteiger partial charge in [-0.05, 0) is 42.1 Å². The average molecular weight is 375 g/mol. The van der Waals surface area contributed by atoms with Crippen molar-refractivity contribution in [3.05, 3.63) is 64.8 Å². The fourth-order valence-corrected chi connectivity index (χ4v) is 2.98. The maximum atomic E-state index is 13.6. The predicted molar refractivity (Wildman–Crippen MR) is 91.9 cm³/mol. The second-order valence-corrected chi connectivity index (χ2v) is 6.19. The van der Waals surface area contributed by atoms with Gasteiger partial charge < -0.3 is 5.32 Å². The summed E-state index contributed by atoms with van der Waals surface area (Å²) in [7, 11) is 0. The molecule has 0 bridgehead atoms. The number of thioether (sulfide) groups is 1. The van der Waals surface area contributed by atoms with Crippen molar-refractivity contribution in [2.75, 3.05) is 11.9 Å². The molecule has 0 radical (unpaired) electrons. The number of carbonyl (C=O) groups excluding carboxylic acids is 3. The number of rotatable bonds is 4. The lowest BCUT2D eigenvalue weighted by Crippen LogP contribution is -2.36. The Morgan fingerprint density at radius 2 is 2.04 bits per heavy atom. The summed E-state index contributed by atoms with van der Waals surface area (Å²) in [5.41, 5.74) is 0.253. The number of nitrogens with zero attached hydrogens (tertiary/aromatic N) is 2. The van der Waals surface area contributed by atoms with Gasteiger partial charge in [-0.3, -0.25) is 24.3 Å². The van der Waals surface area contributed by atoms with Gasteiger partial charge in [-0.1, -0.05) is 6.07 Å². The van der Waals surface area contributed by atoms with E-state index in [-0.39, 0.29) is 10.6 Å². The van der Waals surface area contributed by atoms with Crippen LogP contribution in [0.4, 0.5) is 19.3 Å². The monoisotopic (exact) mass is 375 g/mol. The molecule has 1 aromatic carbocycles. The molecule has 1 fully saturated rings. The molecule has 1 aliphatic rings. The van der Waals surface area contributed by atoms with E-state index in [4.69, 9.17) is 0 Å². The number of benzene rings is 1. The van der Waals surface area contributed by atoms with E-state index in [0.717, 1.165) is 17.0 Å². The molecule has 0 unspecified atom stereocenters. The van der Waals surface area contributed by atoms with Crippen molar-refractivity contribution in [1.29, 1.82) is 0 Å². The van der Waals surface area contributed by atoms with Crippen LogP contribution in [0, 0.1) is 11.6 Å². The number of amides is 3. The third-order valence-electron chi connectivity index (χ3n) is 3.35. The number of pyridine rings is 1. The topological polar surface area (TPSA) is 79.4 Å². The number of hydrogen-bond acceptors (Lipinski definition) is 5. The zero-order valence-electron chi connectivity index (χ0n) is 13.1. The van der Waals surface area contributed by atoms with Crippen molar-refractivity contribution in [3.63, 3.8) is 0 Å². The highest BCUT2D eigenvalue weighted by molar-refractivity contribution is 8.18. The Labute approximate surface area is 150 Å². The highest BCUT2D eigenvalue weighted by Crippen LogP contribution is 2.31. The van der Waals surface area contributed by atoms with Crippen molar-refractivity contribution in [2.24, 2.45) is 0 Å². The minimum absolute atomic E-state index is 0.134. The molecule has 0 aliphatic carbocycles. The van der Waals surface area contributed by atoms with E-state index >= 15 is 0 Å². The molecule has 9 heteroatoms. The van der Waals surface area contributed by atoms with Crippen molar-refractivity contribution in [1.82, 2.24) is 9.88 Å². The van der Waals surface area contributed by atoms with Gasteiger partial charge >= 0.3 is 0 Å². The molecular formula is C17H11F2N3O3S. The Kier molecular flexibility index (Phi) is 5.08. The van der Waals surface area contributed by atoms with Crippen molar-refractivity contribution < 1.29 is 23.2 Å². The lowest BCUT2D eigenvalue weighted by Gasteiger charge is -2.12. The van der Waals surface area contributed by atoms with Gasteiger partial charge in [-0.15, -0.1) is 0 Å². The van der Waals surface area contributed by atoms with Crippen LogP contribution in [-0.4, -0.2) is 33.5 Å². The SMILES string of the molecule is O=C(CN1C(=O)S/C(=C\c2ccccn2)C1=O)Nc1ccc(F)cc1F. The second kappa shape index (κ2) is 7.44. The quantitative estimate of drug-likeness (QED) is 0.831. The van der Waals surface area contributed by atoms with Crippen LogP contribution in [0.3, 0.4) is 0 Å². The van der Waals surface area contributed by atoms with Crippen LogP contribution < -0.4 is 5.32 Å². The molecular weight excluding hydrogens is 364 g/mol. The van der Waals surface area contributed by atoms with Crippen molar-refractivity contribution >= 4 is 40.6 Å². The highest BCUT2D eigenvalue weighted by Gasteiger charge is 2.36. The Balaban J connectivity index is 1.69. The molecule has 6 nitrogen and oxygen atoms in total. The molecule has 3 rings (SSSR count). The summed E-state index contributed by atoms with van der Waals surface area (Å²) in [4.78, 5) is 41.2. The van der Waals surface area contributed by atoms with Crippen LogP contribution in [0.15, 0.2) is 47.5 Å². The van der Waals surface area contributed by atoms with Crippen LogP contribution in [-0.2, 0) is 9.59 Å². The zero-order chi connectivity index (χ0) is 18.7. The van der Waals surface area contributed by atoms with Crippen LogP contribution in [0.1, 0.15) is 5.69 Å². The van der Waals surface area contributed by atoms with Crippen LogP contribution in [0.5, 0.6) is 0 Å². The molecule has 1 saturated heterocycles. The molecule has 2 heterocycles. The molecule has 2 aromatic rings. The summed E-state index contributed by atoms with van der Waals surface area (Å²) in [6.45, 7) is -0.582. The van der Waals surface area contributed by atoms with E-state index in [1.807, 2.05) is 0 Å². The van der Waals surface area contributed by atoms with Gasteiger partial charge in [0.25, 0.3) is 11.1 Å². The summed E-state index contributed by atoms with van der Waals surface area (Å²) in [5, 5.41) is 1.58. The lowest BCUT2D eigenvalue weighted by atomic mass is 10.3. The normalized spacial score (nSPS) is 15.6. The minimum Gasteiger partial charge on any atom is -0.322 e. The fourth-order valence-electron chi connectivity index (χ4n) is 2.16. The number of anilines is 1. The molecule has 0 spiro atoms. The lowest BCUT2D eigenvalue weighted by molar-refractivity contribution is -0.127. The molecule has 1 N–H and O–H groups in total. The number of carbonyl (C=O) groups is 3. The van der Waals surface area contributed by atoms with Gasteiger partial charge in [0.2, 0.25) is 5.91 Å². The van der Waals surface area contributed by atoms with E-state index in [1.54, 1.807) is 24.4 Å². The van der Waals surface area contributed by atoms with E-state index in [9.17, 15) is 23.2 Å². The minimum atomic E-state index is -0.956. The largest absolute Gasteiger partial charge is 0.322 e. The average Bonchev–Trinajstić information content (AvgIpc) is 2.86. The zero-order valence-corrected chi connectivity index (χ0v) is 13.9. The van der Waals surface area contributed by atoms with Gasteiger partial charge in [0.15, 0.2) is 0 Å². The van der Waals surface area contributed by atoms with Crippen molar-refractivity contribution in [2.45, 2.75) is 0 Å². The van der Waals surface area contributed by atoms with E-state index in [1.165, 1.54) is 6.08 Å². The summed E-state index contributed by atoms with van der Waals surface area (Å²) in [6, 6.07) is 7.75.